The van der Waals surface area contributed by atoms with Crippen molar-refractivity contribution in [2.75, 3.05) is 20.3 Å². The van der Waals surface area contributed by atoms with Crippen molar-refractivity contribution in [2.45, 2.75) is 39.8 Å². The van der Waals surface area contributed by atoms with E-state index in [1.165, 1.54) is 11.8 Å². The summed E-state index contributed by atoms with van der Waals surface area (Å²) in [6, 6.07) is 15.5. The van der Waals surface area contributed by atoms with Gasteiger partial charge in [0.15, 0.2) is 5.17 Å². The number of hydrogen-bond donors (Lipinski definition) is 1. The number of methoxy groups -OCH3 is 1. The van der Waals surface area contributed by atoms with Gasteiger partial charge in [0.05, 0.1) is 30.3 Å². The fourth-order valence-electron chi connectivity index (χ4n) is 4.38. The Bertz CT molecular complexity index is 1240. The van der Waals surface area contributed by atoms with Gasteiger partial charge in [-0.2, -0.15) is 0 Å². The Kier molecular flexibility index (Phi) is 8.28. The fraction of sp³-hybridized carbons (Fsp3) is 0.321. The second-order valence-electron chi connectivity index (χ2n) is 8.82. The van der Waals surface area contributed by atoms with E-state index in [0.29, 0.717) is 24.4 Å². The number of hydrogen-bond acceptors (Lipinski definition) is 7. The molecule has 8 heteroatoms. The molecule has 2 heterocycles. The van der Waals surface area contributed by atoms with Crippen LogP contribution in [0.1, 0.15) is 41.6 Å². The molecule has 2 aliphatic heterocycles. The molecule has 0 unspecified atom stereocenters. The molecule has 0 saturated heterocycles. The Morgan fingerprint density at radius 1 is 1.08 bits per heavy atom. The lowest BCUT2D eigenvalue weighted by Crippen LogP contribution is -2.38. The third-order valence-corrected chi connectivity index (χ3v) is 7.02. The van der Waals surface area contributed by atoms with Crippen molar-refractivity contribution in [3.8, 4) is 0 Å². The van der Waals surface area contributed by atoms with E-state index >= 15 is 0 Å². The van der Waals surface area contributed by atoms with Crippen molar-refractivity contribution in [3.63, 3.8) is 0 Å². The summed E-state index contributed by atoms with van der Waals surface area (Å²) in [4.78, 5) is 32.9. The van der Waals surface area contributed by atoms with Crippen molar-refractivity contribution >= 4 is 28.8 Å². The van der Waals surface area contributed by atoms with Gasteiger partial charge in [0, 0.05) is 19.4 Å². The second-order valence-corrected chi connectivity index (χ2v) is 9.66. The lowest BCUT2D eigenvalue weighted by Gasteiger charge is -2.37. The number of nitrogens with one attached hydrogen (secondary N) is 1. The molecule has 0 aromatic heterocycles. The molecule has 0 fully saturated rings. The number of carbonyl (C=O) groups excluding carboxylic acids is 2. The van der Waals surface area contributed by atoms with Crippen LogP contribution in [0.3, 0.4) is 0 Å². The Balaban J connectivity index is 1.62. The molecular weight excluding hydrogens is 474 g/mol. The van der Waals surface area contributed by atoms with E-state index in [9.17, 15) is 9.59 Å². The van der Waals surface area contributed by atoms with E-state index in [4.69, 9.17) is 14.5 Å². The van der Waals surface area contributed by atoms with Crippen LogP contribution in [0.5, 0.6) is 0 Å². The normalized spacial score (nSPS) is 16.9. The zero-order chi connectivity index (χ0) is 25.7. The van der Waals surface area contributed by atoms with Crippen LogP contribution in [0.25, 0.3) is 0 Å². The summed E-state index contributed by atoms with van der Waals surface area (Å²) in [7, 11) is 1.56. The summed E-state index contributed by atoms with van der Waals surface area (Å²) in [5, 5.41) is 5.69. The van der Waals surface area contributed by atoms with Crippen LogP contribution in [-0.2, 0) is 25.6 Å². The predicted molar refractivity (Wildman–Crippen MR) is 142 cm³/mol. The number of aliphatic imine (C=N–C) groups is 1. The number of esters is 1. The van der Waals surface area contributed by atoms with Gasteiger partial charge in [-0.1, -0.05) is 65.9 Å². The fourth-order valence-corrected chi connectivity index (χ4v) is 5.34. The van der Waals surface area contributed by atoms with Crippen LogP contribution in [0.2, 0.25) is 0 Å². The zero-order valence-electron chi connectivity index (χ0n) is 21.0. The SMILES string of the molecule is COCCOC(=O)C1=C(C)N=C2SC=C(CC(=O)NCc3ccccc3)N2[C@@H]1c1ccc(C)cc1C. The molecule has 4 rings (SSSR count). The maximum atomic E-state index is 13.3. The molecule has 188 valence electrons. The summed E-state index contributed by atoms with van der Waals surface area (Å²) >= 11 is 1.46. The number of benzene rings is 2. The number of amides is 1. The molecular formula is C28H31N3O4S. The van der Waals surface area contributed by atoms with Gasteiger partial charge in [0.25, 0.3) is 0 Å². The Morgan fingerprint density at radius 3 is 2.58 bits per heavy atom. The van der Waals surface area contributed by atoms with E-state index in [1.54, 1.807) is 7.11 Å². The molecule has 2 aliphatic rings. The number of amidine groups is 1. The Hall–Kier alpha value is -3.36. The molecule has 1 amide bonds. The molecule has 2 aromatic rings. The smallest absolute Gasteiger partial charge is 0.338 e. The lowest BCUT2D eigenvalue weighted by atomic mass is 9.90. The van der Waals surface area contributed by atoms with Crippen LogP contribution < -0.4 is 5.32 Å². The molecule has 1 atom stereocenters. The summed E-state index contributed by atoms with van der Waals surface area (Å²) in [5.74, 6) is -0.524. The molecule has 0 aliphatic carbocycles. The van der Waals surface area contributed by atoms with Crippen LogP contribution in [0, 0.1) is 13.8 Å². The van der Waals surface area contributed by atoms with Gasteiger partial charge in [-0.05, 0) is 42.9 Å². The first-order valence-corrected chi connectivity index (χ1v) is 12.7. The number of fused-ring (bicyclic) bond motifs is 1. The van der Waals surface area contributed by atoms with Crippen molar-refractivity contribution in [1.29, 1.82) is 0 Å². The van der Waals surface area contributed by atoms with Gasteiger partial charge in [-0.25, -0.2) is 9.79 Å². The van der Waals surface area contributed by atoms with E-state index in [0.717, 1.165) is 33.1 Å². The van der Waals surface area contributed by atoms with Gasteiger partial charge in [-0.3, -0.25) is 4.79 Å². The highest BCUT2D eigenvalue weighted by Crippen LogP contribution is 2.45. The van der Waals surface area contributed by atoms with E-state index < -0.39 is 12.0 Å². The number of allylic oxidation sites excluding steroid dienone is 1. The average Bonchev–Trinajstić information content (AvgIpc) is 3.24. The minimum Gasteiger partial charge on any atom is -0.460 e. The topological polar surface area (TPSA) is 80.2 Å². The van der Waals surface area contributed by atoms with Crippen LogP contribution in [0.4, 0.5) is 0 Å². The van der Waals surface area contributed by atoms with Crippen molar-refractivity contribution in [2.24, 2.45) is 4.99 Å². The summed E-state index contributed by atoms with van der Waals surface area (Å²) in [6.45, 7) is 6.83. The van der Waals surface area contributed by atoms with Crippen molar-refractivity contribution < 1.29 is 19.1 Å². The second kappa shape index (κ2) is 11.6. The quantitative estimate of drug-likeness (QED) is 0.391. The van der Waals surface area contributed by atoms with E-state index in [-0.39, 0.29) is 18.9 Å². The number of ether oxygens (including phenoxy) is 2. The first-order chi connectivity index (χ1) is 17.4. The maximum Gasteiger partial charge on any atom is 0.338 e. The number of carbonyl (C=O) groups is 2. The molecule has 0 radical (unpaired) electrons. The number of nitrogens with zero attached hydrogens (tertiary/aromatic N) is 2. The molecule has 0 saturated carbocycles. The highest BCUT2D eigenvalue weighted by molar-refractivity contribution is 8.16. The largest absolute Gasteiger partial charge is 0.460 e. The third-order valence-electron chi connectivity index (χ3n) is 6.14. The molecule has 36 heavy (non-hydrogen) atoms. The first-order valence-electron chi connectivity index (χ1n) is 11.9. The predicted octanol–water partition coefficient (Wildman–Crippen LogP) is 4.77. The number of aryl methyl sites for hydroxylation is 2. The summed E-state index contributed by atoms with van der Waals surface area (Å²) < 4.78 is 10.6. The number of rotatable bonds is 9. The number of thioether (sulfide) groups is 1. The van der Waals surface area contributed by atoms with Gasteiger partial charge >= 0.3 is 5.97 Å². The molecule has 0 spiro atoms. The standard InChI is InChI=1S/C28H31N3O4S/c1-18-10-11-23(19(2)14-18)26-25(27(33)35-13-12-34-4)20(3)30-28-31(26)22(17-36-28)15-24(32)29-16-21-8-6-5-7-9-21/h5-11,14,17,26H,12-13,15-16H2,1-4H3,(H,29,32)/t26-/m1/s1. The maximum absolute atomic E-state index is 13.3. The minimum absolute atomic E-state index is 0.0955. The minimum atomic E-state index is -0.448. The average molecular weight is 506 g/mol. The van der Waals surface area contributed by atoms with Crippen LogP contribution >= 0.6 is 11.8 Å². The highest BCUT2D eigenvalue weighted by Gasteiger charge is 2.41. The van der Waals surface area contributed by atoms with Crippen molar-refractivity contribution in [1.82, 2.24) is 10.2 Å². The van der Waals surface area contributed by atoms with Crippen molar-refractivity contribution in [3.05, 3.63) is 93.2 Å². The van der Waals surface area contributed by atoms with Gasteiger partial charge in [0.2, 0.25) is 5.91 Å². The summed E-state index contributed by atoms with van der Waals surface area (Å²) in [5.41, 5.74) is 6.09. The third kappa shape index (κ3) is 5.71. The summed E-state index contributed by atoms with van der Waals surface area (Å²) in [6.07, 6.45) is 0.172. The molecule has 0 bridgehead atoms. The molecule has 7 nitrogen and oxygen atoms in total. The Morgan fingerprint density at radius 2 is 1.86 bits per heavy atom. The van der Waals surface area contributed by atoms with Crippen LogP contribution in [0.15, 0.2) is 75.9 Å². The van der Waals surface area contributed by atoms with Gasteiger partial charge in [0.1, 0.15) is 6.61 Å². The monoisotopic (exact) mass is 505 g/mol. The van der Waals surface area contributed by atoms with E-state index in [2.05, 4.69) is 11.4 Å². The molecule has 1 N–H and O–H groups in total. The Labute approximate surface area is 216 Å². The highest BCUT2D eigenvalue weighted by atomic mass is 32.2. The van der Waals surface area contributed by atoms with E-state index in [1.807, 2.05) is 73.5 Å². The van der Waals surface area contributed by atoms with Crippen LogP contribution in [-0.4, -0.2) is 42.3 Å². The lowest BCUT2D eigenvalue weighted by molar-refractivity contribution is -0.141. The zero-order valence-corrected chi connectivity index (χ0v) is 21.9. The molecule has 2 aromatic carbocycles. The first kappa shape index (κ1) is 25.7. The van der Waals surface area contributed by atoms with Gasteiger partial charge in [-0.15, -0.1) is 0 Å². The van der Waals surface area contributed by atoms with Gasteiger partial charge < -0.3 is 19.7 Å².